The van der Waals surface area contributed by atoms with E-state index in [1.165, 1.54) is 42.7 Å². The summed E-state index contributed by atoms with van der Waals surface area (Å²) in [6.45, 7) is 1.56. The first-order chi connectivity index (χ1) is 18.8. The summed E-state index contributed by atoms with van der Waals surface area (Å²) >= 11 is 1.82. The molecule has 0 unspecified atom stereocenters. The monoisotopic (exact) mass is 548 g/mol. The quantitative estimate of drug-likeness (QED) is 0.314. The van der Waals surface area contributed by atoms with E-state index in [4.69, 9.17) is 4.98 Å². The fourth-order valence-electron chi connectivity index (χ4n) is 5.98. The molecule has 2 aliphatic rings. The number of hydrogen-bond acceptors (Lipinski definition) is 4. The van der Waals surface area contributed by atoms with Crippen molar-refractivity contribution in [3.63, 3.8) is 0 Å². The third-order valence-corrected chi connectivity index (χ3v) is 9.10. The molecule has 9 heteroatoms. The second-order valence-corrected chi connectivity index (χ2v) is 11.8. The van der Waals surface area contributed by atoms with Crippen LogP contribution in [-0.2, 0) is 28.9 Å². The van der Waals surface area contributed by atoms with Crippen LogP contribution in [0.1, 0.15) is 48.7 Å². The molecular formula is C30H30F2N4O2S. The molecule has 2 N–H and O–H groups in total. The fourth-order valence-corrected chi connectivity index (χ4v) is 7.21. The molecule has 2 aromatic carbocycles. The van der Waals surface area contributed by atoms with Crippen LogP contribution in [-0.4, -0.2) is 27.2 Å². The van der Waals surface area contributed by atoms with Gasteiger partial charge in [0.1, 0.15) is 17.7 Å². The molecule has 2 aliphatic carbocycles. The maximum Gasteiger partial charge on any atom is 0.246 e. The summed E-state index contributed by atoms with van der Waals surface area (Å²) in [6.07, 6.45) is 9.66. The predicted octanol–water partition coefficient (Wildman–Crippen LogP) is 5.93. The maximum atomic E-state index is 13.4. The number of amides is 2. The van der Waals surface area contributed by atoms with Crippen molar-refractivity contribution in [2.75, 3.05) is 5.32 Å². The first kappa shape index (κ1) is 25.7. The molecule has 39 heavy (non-hydrogen) atoms. The van der Waals surface area contributed by atoms with E-state index in [1.54, 1.807) is 6.92 Å². The summed E-state index contributed by atoms with van der Waals surface area (Å²) in [5, 5.41) is 5.37. The number of imidazole rings is 1. The van der Waals surface area contributed by atoms with Crippen LogP contribution in [0.4, 0.5) is 14.5 Å². The van der Waals surface area contributed by atoms with Crippen LogP contribution in [0.15, 0.2) is 48.7 Å². The Morgan fingerprint density at radius 3 is 2.46 bits per heavy atom. The van der Waals surface area contributed by atoms with E-state index in [-0.39, 0.29) is 12.0 Å². The van der Waals surface area contributed by atoms with Crippen molar-refractivity contribution in [3.05, 3.63) is 76.4 Å². The SMILES string of the molecule is C[C@@H](NC(=O)Cc1cc(F)cc(F)c1)C(=O)Nc1ccc(-c2cn3c4c(sc3n2)C[C@H]2CCCC[C@H]2C4)cc1. The van der Waals surface area contributed by atoms with Crippen LogP contribution < -0.4 is 10.6 Å². The minimum Gasteiger partial charge on any atom is -0.344 e. The van der Waals surface area contributed by atoms with Gasteiger partial charge < -0.3 is 10.6 Å². The van der Waals surface area contributed by atoms with Crippen LogP contribution in [0.3, 0.4) is 0 Å². The molecule has 0 aliphatic heterocycles. The largest absolute Gasteiger partial charge is 0.344 e. The normalized spacial score (nSPS) is 19.3. The van der Waals surface area contributed by atoms with Crippen molar-refractivity contribution >= 4 is 33.8 Å². The Morgan fingerprint density at radius 2 is 1.74 bits per heavy atom. The number of carbonyl (C=O) groups is 2. The van der Waals surface area contributed by atoms with E-state index in [9.17, 15) is 18.4 Å². The van der Waals surface area contributed by atoms with Gasteiger partial charge in [0.05, 0.1) is 12.1 Å². The number of anilines is 1. The van der Waals surface area contributed by atoms with E-state index in [0.29, 0.717) is 5.69 Å². The van der Waals surface area contributed by atoms with E-state index in [2.05, 4.69) is 21.2 Å². The van der Waals surface area contributed by atoms with Gasteiger partial charge in [0.15, 0.2) is 4.96 Å². The molecule has 2 aromatic heterocycles. The summed E-state index contributed by atoms with van der Waals surface area (Å²) in [7, 11) is 0. The molecule has 0 spiro atoms. The number of hydrogen-bond donors (Lipinski definition) is 2. The highest BCUT2D eigenvalue weighted by atomic mass is 32.1. The molecule has 1 saturated carbocycles. The molecule has 1 fully saturated rings. The van der Waals surface area contributed by atoms with Crippen molar-refractivity contribution in [2.24, 2.45) is 11.8 Å². The van der Waals surface area contributed by atoms with Crippen molar-refractivity contribution < 1.29 is 18.4 Å². The van der Waals surface area contributed by atoms with Gasteiger partial charge in [0.2, 0.25) is 11.8 Å². The number of carbonyl (C=O) groups excluding carboxylic acids is 2. The van der Waals surface area contributed by atoms with Gasteiger partial charge in [0, 0.05) is 34.1 Å². The van der Waals surface area contributed by atoms with E-state index in [0.717, 1.165) is 52.7 Å². The highest BCUT2D eigenvalue weighted by molar-refractivity contribution is 7.17. The fraction of sp³-hybridized carbons (Fsp3) is 0.367. The highest BCUT2D eigenvalue weighted by Gasteiger charge is 2.33. The lowest BCUT2D eigenvalue weighted by atomic mass is 9.72. The standard InChI is InChI=1S/C30H30F2N4O2S/c1-17(33-28(37)12-18-10-22(31)15-23(32)11-18)29(38)34-24-8-6-19(7-9-24)25-16-36-26-13-20-4-2-3-5-21(20)14-27(26)39-30(36)35-25/h6-11,15-17,20-21H,2-5,12-14H2,1H3,(H,33,37)(H,34,38)/t17-,20+,21-/m1/s1. The zero-order chi connectivity index (χ0) is 27.1. The molecular weight excluding hydrogens is 518 g/mol. The predicted molar refractivity (Wildman–Crippen MR) is 148 cm³/mol. The molecule has 2 heterocycles. The second-order valence-electron chi connectivity index (χ2n) is 10.8. The van der Waals surface area contributed by atoms with Crippen molar-refractivity contribution in [1.29, 1.82) is 0 Å². The summed E-state index contributed by atoms with van der Waals surface area (Å²) < 4.78 is 29.0. The van der Waals surface area contributed by atoms with E-state index < -0.39 is 29.5 Å². The Hall–Kier alpha value is -3.59. The third kappa shape index (κ3) is 5.45. The lowest BCUT2D eigenvalue weighted by molar-refractivity contribution is -0.125. The molecule has 6 rings (SSSR count). The molecule has 0 radical (unpaired) electrons. The van der Waals surface area contributed by atoms with Crippen LogP contribution in [0.5, 0.6) is 0 Å². The third-order valence-electron chi connectivity index (χ3n) is 7.98. The topological polar surface area (TPSA) is 75.5 Å². The first-order valence-corrected chi connectivity index (χ1v) is 14.3. The minimum absolute atomic E-state index is 0.200. The second kappa shape index (κ2) is 10.5. The zero-order valence-corrected chi connectivity index (χ0v) is 22.5. The molecule has 202 valence electrons. The summed E-state index contributed by atoms with van der Waals surface area (Å²) in [5.74, 6) is -0.755. The van der Waals surface area contributed by atoms with Gasteiger partial charge in [-0.3, -0.25) is 14.0 Å². The molecule has 3 atom stereocenters. The number of nitrogens with one attached hydrogen (secondary N) is 2. The molecule has 0 bridgehead atoms. The number of rotatable bonds is 6. The Morgan fingerprint density at radius 1 is 1.05 bits per heavy atom. The molecule has 0 saturated heterocycles. The lowest BCUT2D eigenvalue weighted by Gasteiger charge is -2.35. The van der Waals surface area contributed by atoms with E-state index >= 15 is 0 Å². The van der Waals surface area contributed by atoms with Gasteiger partial charge in [-0.15, -0.1) is 11.3 Å². The van der Waals surface area contributed by atoms with Gasteiger partial charge in [-0.25, -0.2) is 13.8 Å². The lowest BCUT2D eigenvalue weighted by Crippen LogP contribution is -2.42. The molecule has 4 aromatic rings. The summed E-state index contributed by atoms with van der Waals surface area (Å²) in [5.41, 5.74) is 4.10. The van der Waals surface area contributed by atoms with Crippen molar-refractivity contribution in [1.82, 2.24) is 14.7 Å². The summed E-state index contributed by atoms with van der Waals surface area (Å²) in [6, 6.07) is 9.58. The van der Waals surface area contributed by atoms with Crippen LogP contribution >= 0.6 is 11.3 Å². The molecule has 6 nitrogen and oxygen atoms in total. The Balaban J connectivity index is 1.08. The Kier molecular flexibility index (Phi) is 6.93. The number of fused-ring (bicyclic) bond motifs is 4. The molecule has 2 amide bonds. The van der Waals surface area contributed by atoms with E-state index in [1.807, 2.05) is 35.6 Å². The number of thiazole rings is 1. The van der Waals surface area contributed by atoms with Gasteiger partial charge in [-0.1, -0.05) is 25.0 Å². The van der Waals surface area contributed by atoms with Crippen LogP contribution in [0, 0.1) is 23.5 Å². The van der Waals surface area contributed by atoms with Crippen LogP contribution in [0.2, 0.25) is 0 Å². The number of aromatic nitrogens is 2. The average molecular weight is 549 g/mol. The van der Waals surface area contributed by atoms with Crippen molar-refractivity contribution in [3.8, 4) is 11.3 Å². The van der Waals surface area contributed by atoms with Gasteiger partial charge in [-0.05, 0) is 74.3 Å². The summed E-state index contributed by atoms with van der Waals surface area (Å²) in [4.78, 5) is 32.3. The average Bonchev–Trinajstić information content (AvgIpc) is 3.45. The Bertz CT molecular complexity index is 1520. The maximum absolute atomic E-state index is 13.4. The van der Waals surface area contributed by atoms with Gasteiger partial charge in [0.25, 0.3) is 0 Å². The number of halogens is 2. The zero-order valence-electron chi connectivity index (χ0n) is 21.7. The van der Waals surface area contributed by atoms with Gasteiger partial charge in [-0.2, -0.15) is 0 Å². The highest BCUT2D eigenvalue weighted by Crippen LogP contribution is 2.42. The number of nitrogens with zero attached hydrogens (tertiary/aromatic N) is 2. The van der Waals surface area contributed by atoms with Crippen molar-refractivity contribution in [2.45, 2.75) is 57.9 Å². The minimum atomic E-state index is -0.828. The number of benzene rings is 2. The Labute approximate surface area is 229 Å². The van der Waals surface area contributed by atoms with Crippen LogP contribution in [0.25, 0.3) is 16.2 Å². The first-order valence-electron chi connectivity index (χ1n) is 13.5. The smallest absolute Gasteiger partial charge is 0.246 e. The van der Waals surface area contributed by atoms with Gasteiger partial charge >= 0.3 is 0 Å².